The van der Waals surface area contributed by atoms with Crippen LogP contribution in [-0.4, -0.2) is 25.2 Å². The van der Waals surface area contributed by atoms with E-state index in [2.05, 4.69) is 5.32 Å². The van der Waals surface area contributed by atoms with E-state index in [4.69, 9.17) is 4.74 Å². The van der Waals surface area contributed by atoms with E-state index in [9.17, 15) is 10.1 Å². The maximum Gasteiger partial charge on any atom is 0.269 e. The van der Waals surface area contributed by atoms with Gasteiger partial charge in [-0.2, -0.15) is 0 Å². The molecular formula is C11H16N2O3. The molecule has 5 nitrogen and oxygen atoms in total. The van der Waals surface area contributed by atoms with E-state index in [1.165, 1.54) is 6.07 Å². The lowest BCUT2D eigenvalue weighted by Crippen LogP contribution is -2.24. The van der Waals surface area contributed by atoms with Crippen LogP contribution in [0.1, 0.15) is 18.5 Å². The largest absolute Gasteiger partial charge is 0.383 e. The Morgan fingerprint density at radius 1 is 1.56 bits per heavy atom. The summed E-state index contributed by atoms with van der Waals surface area (Å²) in [5.74, 6) is 0. The zero-order chi connectivity index (χ0) is 12.0. The number of ether oxygens (including phenoxy) is 1. The third-order valence-electron chi connectivity index (χ3n) is 2.27. The second kappa shape index (κ2) is 6.19. The predicted octanol–water partition coefficient (Wildman–Crippen LogP) is 1.89. The summed E-state index contributed by atoms with van der Waals surface area (Å²) >= 11 is 0. The smallest absolute Gasteiger partial charge is 0.269 e. The van der Waals surface area contributed by atoms with Crippen LogP contribution >= 0.6 is 0 Å². The summed E-state index contributed by atoms with van der Waals surface area (Å²) in [5, 5.41) is 13.9. The van der Waals surface area contributed by atoms with Crippen molar-refractivity contribution in [1.82, 2.24) is 5.32 Å². The number of methoxy groups -OCH3 is 1. The number of nitrogens with one attached hydrogen (secondary N) is 1. The van der Waals surface area contributed by atoms with Crippen molar-refractivity contribution in [2.24, 2.45) is 0 Å². The van der Waals surface area contributed by atoms with E-state index in [0.29, 0.717) is 6.61 Å². The number of rotatable bonds is 6. The molecule has 0 aliphatic rings. The van der Waals surface area contributed by atoms with Gasteiger partial charge in [0.25, 0.3) is 5.69 Å². The first kappa shape index (κ1) is 12.6. The minimum Gasteiger partial charge on any atom is -0.383 e. The lowest BCUT2D eigenvalue weighted by atomic mass is 10.1. The third-order valence-corrected chi connectivity index (χ3v) is 2.27. The average molecular weight is 224 g/mol. The molecule has 1 aromatic carbocycles. The number of nitro groups is 1. The summed E-state index contributed by atoms with van der Waals surface area (Å²) in [6, 6.07) is 6.60. The van der Waals surface area contributed by atoms with Gasteiger partial charge in [-0.15, -0.1) is 0 Å². The lowest BCUT2D eigenvalue weighted by molar-refractivity contribution is -0.384. The second-order valence-corrected chi connectivity index (χ2v) is 3.42. The van der Waals surface area contributed by atoms with Crippen LogP contribution in [0, 0.1) is 10.1 Å². The number of nitro benzene ring substituents is 1. The van der Waals surface area contributed by atoms with Crippen LogP contribution in [0.3, 0.4) is 0 Å². The minimum atomic E-state index is -0.390. The van der Waals surface area contributed by atoms with Gasteiger partial charge in [0.2, 0.25) is 0 Å². The van der Waals surface area contributed by atoms with Crippen molar-refractivity contribution in [3.8, 4) is 0 Å². The zero-order valence-corrected chi connectivity index (χ0v) is 9.47. The molecule has 0 aromatic heterocycles. The normalized spacial score (nSPS) is 12.4. The number of likely N-dealkylation sites (N-methyl/N-ethyl adjacent to an activating group) is 1. The summed E-state index contributed by atoms with van der Waals surface area (Å²) in [5.41, 5.74) is 0.981. The first-order valence-corrected chi connectivity index (χ1v) is 5.15. The summed E-state index contributed by atoms with van der Waals surface area (Å²) < 4.78 is 5.08. The van der Waals surface area contributed by atoms with Crippen LogP contribution < -0.4 is 5.32 Å². The Labute approximate surface area is 94.6 Å². The Balaban J connectivity index is 2.90. The molecule has 0 heterocycles. The number of hydrogen-bond donors (Lipinski definition) is 1. The van der Waals surface area contributed by atoms with Crippen molar-refractivity contribution in [1.29, 1.82) is 0 Å². The molecule has 0 radical (unpaired) electrons. The standard InChI is InChI=1S/C11H16N2O3/c1-3-12-11(8-16-2)9-5-4-6-10(7-9)13(14)15/h4-7,11-12H,3,8H2,1-2H3. The van der Waals surface area contributed by atoms with Crippen LogP contribution in [0.15, 0.2) is 24.3 Å². The summed E-state index contributed by atoms with van der Waals surface area (Å²) in [6.07, 6.45) is 0. The van der Waals surface area contributed by atoms with Gasteiger partial charge in [0.1, 0.15) is 0 Å². The van der Waals surface area contributed by atoms with Gasteiger partial charge in [0.15, 0.2) is 0 Å². The van der Waals surface area contributed by atoms with Gasteiger partial charge in [-0.1, -0.05) is 19.1 Å². The number of hydrogen-bond acceptors (Lipinski definition) is 4. The molecule has 0 aliphatic carbocycles. The SMILES string of the molecule is CCNC(COC)c1cccc([N+](=O)[O-])c1. The third kappa shape index (κ3) is 3.29. The van der Waals surface area contributed by atoms with E-state index in [-0.39, 0.29) is 16.7 Å². The fraction of sp³-hybridized carbons (Fsp3) is 0.455. The van der Waals surface area contributed by atoms with Crippen molar-refractivity contribution >= 4 is 5.69 Å². The van der Waals surface area contributed by atoms with Crippen LogP contribution in [0.4, 0.5) is 5.69 Å². The molecule has 0 fully saturated rings. The highest BCUT2D eigenvalue weighted by Crippen LogP contribution is 2.19. The van der Waals surface area contributed by atoms with Crippen molar-refractivity contribution in [3.05, 3.63) is 39.9 Å². The maximum absolute atomic E-state index is 10.6. The predicted molar refractivity (Wildman–Crippen MR) is 61.4 cm³/mol. The van der Waals surface area contributed by atoms with Crippen LogP contribution in [0.5, 0.6) is 0 Å². The molecule has 1 rings (SSSR count). The fourth-order valence-electron chi connectivity index (χ4n) is 1.54. The molecule has 1 unspecified atom stereocenters. The van der Waals surface area contributed by atoms with Crippen LogP contribution in [0.25, 0.3) is 0 Å². The lowest BCUT2D eigenvalue weighted by Gasteiger charge is -2.16. The summed E-state index contributed by atoms with van der Waals surface area (Å²) in [4.78, 5) is 10.3. The highest BCUT2D eigenvalue weighted by Gasteiger charge is 2.13. The first-order chi connectivity index (χ1) is 7.69. The molecule has 88 valence electrons. The molecule has 16 heavy (non-hydrogen) atoms. The van der Waals surface area contributed by atoms with Gasteiger partial charge < -0.3 is 10.1 Å². The van der Waals surface area contributed by atoms with Crippen molar-refractivity contribution < 1.29 is 9.66 Å². The quantitative estimate of drug-likeness (QED) is 0.592. The van der Waals surface area contributed by atoms with E-state index in [0.717, 1.165) is 12.1 Å². The molecule has 1 atom stereocenters. The Bertz CT molecular complexity index is 349. The Morgan fingerprint density at radius 3 is 2.88 bits per heavy atom. The summed E-state index contributed by atoms with van der Waals surface area (Å²) in [7, 11) is 1.61. The molecular weight excluding hydrogens is 208 g/mol. The highest BCUT2D eigenvalue weighted by atomic mass is 16.6. The summed E-state index contributed by atoms with van der Waals surface area (Å²) in [6.45, 7) is 3.27. The highest BCUT2D eigenvalue weighted by molar-refractivity contribution is 5.35. The molecule has 0 amide bonds. The number of nitrogens with zero attached hydrogens (tertiary/aromatic N) is 1. The second-order valence-electron chi connectivity index (χ2n) is 3.42. The van der Waals surface area contributed by atoms with E-state index in [1.807, 2.05) is 13.0 Å². The molecule has 5 heteroatoms. The zero-order valence-electron chi connectivity index (χ0n) is 9.47. The van der Waals surface area contributed by atoms with Gasteiger partial charge in [-0.05, 0) is 12.1 Å². The van der Waals surface area contributed by atoms with E-state index >= 15 is 0 Å². The molecule has 0 saturated heterocycles. The van der Waals surface area contributed by atoms with Gasteiger partial charge in [0.05, 0.1) is 17.6 Å². The van der Waals surface area contributed by atoms with Crippen molar-refractivity contribution in [2.75, 3.05) is 20.3 Å². The number of non-ortho nitro benzene ring substituents is 1. The minimum absolute atomic E-state index is 0.00472. The molecule has 0 aliphatic heterocycles. The van der Waals surface area contributed by atoms with Gasteiger partial charge in [-0.25, -0.2) is 0 Å². The molecule has 0 saturated carbocycles. The van der Waals surface area contributed by atoms with E-state index < -0.39 is 0 Å². The Morgan fingerprint density at radius 2 is 2.31 bits per heavy atom. The van der Waals surface area contributed by atoms with Crippen molar-refractivity contribution in [2.45, 2.75) is 13.0 Å². The topological polar surface area (TPSA) is 64.4 Å². The monoisotopic (exact) mass is 224 g/mol. The number of benzene rings is 1. The molecule has 0 spiro atoms. The van der Waals surface area contributed by atoms with E-state index in [1.54, 1.807) is 19.2 Å². The van der Waals surface area contributed by atoms with Gasteiger partial charge >= 0.3 is 0 Å². The molecule has 1 aromatic rings. The van der Waals surface area contributed by atoms with Crippen LogP contribution in [-0.2, 0) is 4.74 Å². The Kier molecular flexibility index (Phi) is 4.88. The average Bonchev–Trinajstić information content (AvgIpc) is 2.29. The Hall–Kier alpha value is -1.46. The molecule has 0 bridgehead atoms. The van der Waals surface area contributed by atoms with Gasteiger partial charge in [-0.3, -0.25) is 10.1 Å². The first-order valence-electron chi connectivity index (χ1n) is 5.15. The van der Waals surface area contributed by atoms with Crippen LogP contribution in [0.2, 0.25) is 0 Å². The maximum atomic E-state index is 10.6. The van der Waals surface area contributed by atoms with Crippen molar-refractivity contribution in [3.63, 3.8) is 0 Å². The molecule has 1 N–H and O–H groups in total. The van der Waals surface area contributed by atoms with Gasteiger partial charge in [0, 0.05) is 19.2 Å². The fourth-order valence-corrected chi connectivity index (χ4v) is 1.54.